The maximum Gasteiger partial charge on any atom is 0.256 e. The van der Waals surface area contributed by atoms with E-state index in [0.29, 0.717) is 17.8 Å². The Morgan fingerprint density at radius 3 is 2.50 bits per heavy atom. The molecule has 0 saturated heterocycles. The molecule has 0 aliphatic carbocycles. The fraction of sp³-hybridized carbons (Fsp3) is 0.458. The summed E-state index contributed by atoms with van der Waals surface area (Å²) in [4.78, 5) is 17.4. The van der Waals surface area contributed by atoms with Gasteiger partial charge in [-0.25, -0.2) is 9.50 Å². The minimum Gasteiger partial charge on any atom is -0.352 e. The van der Waals surface area contributed by atoms with Gasteiger partial charge in [-0.1, -0.05) is 62.8 Å². The van der Waals surface area contributed by atoms with Crippen molar-refractivity contribution in [1.82, 2.24) is 19.9 Å². The number of nitrogens with one attached hydrogen (secondary N) is 1. The second-order valence-electron chi connectivity index (χ2n) is 7.88. The zero-order valence-corrected chi connectivity index (χ0v) is 18.9. The lowest BCUT2D eigenvalue weighted by Crippen LogP contribution is -2.24. The van der Waals surface area contributed by atoms with Crippen LogP contribution in [0.2, 0.25) is 5.02 Å². The zero-order chi connectivity index (χ0) is 21.5. The van der Waals surface area contributed by atoms with Gasteiger partial charge in [-0.05, 0) is 43.5 Å². The molecule has 160 valence electrons. The number of fused-ring (bicyclic) bond motifs is 1. The van der Waals surface area contributed by atoms with Crippen LogP contribution in [0.3, 0.4) is 0 Å². The van der Waals surface area contributed by atoms with Crippen molar-refractivity contribution in [2.45, 2.75) is 65.7 Å². The molecule has 0 aliphatic heterocycles. The number of carbonyl (C=O) groups excluding carboxylic acids is 1. The van der Waals surface area contributed by atoms with Crippen molar-refractivity contribution in [3.8, 4) is 0 Å². The van der Waals surface area contributed by atoms with Gasteiger partial charge in [-0.2, -0.15) is 5.10 Å². The molecule has 0 radical (unpaired) electrons. The van der Waals surface area contributed by atoms with E-state index in [9.17, 15) is 4.79 Å². The van der Waals surface area contributed by atoms with Gasteiger partial charge in [0.05, 0.1) is 6.20 Å². The van der Waals surface area contributed by atoms with Crippen molar-refractivity contribution >= 4 is 23.2 Å². The number of amides is 1. The Morgan fingerprint density at radius 1 is 1.07 bits per heavy atom. The Hall–Kier alpha value is -2.40. The van der Waals surface area contributed by atoms with Crippen molar-refractivity contribution in [1.29, 1.82) is 0 Å². The first kappa shape index (κ1) is 22.3. The van der Waals surface area contributed by atoms with E-state index >= 15 is 0 Å². The number of rotatable bonds is 10. The van der Waals surface area contributed by atoms with E-state index < -0.39 is 0 Å². The summed E-state index contributed by atoms with van der Waals surface area (Å²) in [5, 5.41) is 8.20. The Balaban J connectivity index is 1.69. The highest BCUT2D eigenvalue weighted by molar-refractivity contribution is 6.30. The number of carbonyl (C=O) groups is 1. The summed E-state index contributed by atoms with van der Waals surface area (Å²) in [6.07, 6.45) is 9.58. The van der Waals surface area contributed by atoms with Crippen molar-refractivity contribution in [3.63, 3.8) is 0 Å². The first-order chi connectivity index (χ1) is 14.5. The van der Waals surface area contributed by atoms with Crippen LogP contribution in [-0.4, -0.2) is 27.0 Å². The van der Waals surface area contributed by atoms with Crippen LogP contribution in [0.25, 0.3) is 5.65 Å². The summed E-state index contributed by atoms with van der Waals surface area (Å²) in [6.45, 7) is 6.92. The van der Waals surface area contributed by atoms with Gasteiger partial charge in [0.2, 0.25) is 0 Å². The molecule has 1 N–H and O–H groups in total. The van der Waals surface area contributed by atoms with Gasteiger partial charge in [-0.3, -0.25) is 4.79 Å². The summed E-state index contributed by atoms with van der Waals surface area (Å²) < 4.78 is 1.78. The highest BCUT2D eigenvalue weighted by Crippen LogP contribution is 2.21. The highest BCUT2D eigenvalue weighted by atomic mass is 35.5. The van der Waals surface area contributed by atoms with Crippen molar-refractivity contribution in [3.05, 3.63) is 63.6 Å². The van der Waals surface area contributed by atoms with E-state index in [0.717, 1.165) is 46.8 Å². The highest BCUT2D eigenvalue weighted by Gasteiger charge is 2.18. The molecule has 0 atom stereocenters. The molecular formula is C24H31ClN4O. The Morgan fingerprint density at radius 2 is 1.77 bits per heavy atom. The summed E-state index contributed by atoms with van der Waals surface area (Å²) in [5.41, 5.74) is 5.35. The first-order valence-electron chi connectivity index (χ1n) is 10.9. The van der Waals surface area contributed by atoms with E-state index in [1.807, 2.05) is 38.1 Å². The van der Waals surface area contributed by atoms with Crippen molar-refractivity contribution < 1.29 is 4.79 Å². The predicted octanol–water partition coefficient (Wildman–Crippen LogP) is 5.68. The molecule has 6 heteroatoms. The van der Waals surface area contributed by atoms with Crippen molar-refractivity contribution in [2.24, 2.45) is 0 Å². The summed E-state index contributed by atoms with van der Waals surface area (Å²) in [7, 11) is 0. The number of hydrogen-bond acceptors (Lipinski definition) is 3. The van der Waals surface area contributed by atoms with Crippen LogP contribution in [0.1, 0.15) is 78.3 Å². The molecule has 1 amide bonds. The van der Waals surface area contributed by atoms with E-state index in [1.165, 1.54) is 25.7 Å². The van der Waals surface area contributed by atoms with E-state index in [1.54, 1.807) is 10.7 Å². The Kier molecular flexibility index (Phi) is 7.86. The standard InChI is InChI=1S/C24H31ClN4O/c1-4-5-6-7-8-9-14-26-24(30)22-16-27-29-18(3)21(17(2)28-23(22)29)15-19-10-12-20(25)13-11-19/h10-13,16H,4-9,14-15H2,1-3H3,(H,26,30). The third kappa shape index (κ3) is 5.39. The average molecular weight is 427 g/mol. The lowest BCUT2D eigenvalue weighted by Gasteiger charge is -2.12. The zero-order valence-electron chi connectivity index (χ0n) is 18.2. The van der Waals surface area contributed by atoms with Gasteiger partial charge < -0.3 is 5.32 Å². The van der Waals surface area contributed by atoms with Gasteiger partial charge >= 0.3 is 0 Å². The molecule has 0 fully saturated rings. The van der Waals surface area contributed by atoms with Crippen LogP contribution in [0.15, 0.2) is 30.5 Å². The summed E-state index contributed by atoms with van der Waals surface area (Å²) in [6, 6.07) is 7.84. The molecule has 3 aromatic rings. The van der Waals surface area contributed by atoms with Gasteiger partial charge in [0, 0.05) is 29.4 Å². The average Bonchev–Trinajstić information content (AvgIpc) is 3.15. The topological polar surface area (TPSA) is 59.3 Å². The van der Waals surface area contributed by atoms with Gasteiger partial charge in [0.1, 0.15) is 5.56 Å². The normalized spacial score (nSPS) is 11.2. The van der Waals surface area contributed by atoms with Crippen LogP contribution in [0.4, 0.5) is 0 Å². The molecule has 2 aromatic heterocycles. The number of unbranched alkanes of at least 4 members (excludes halogenated alkanes) is 5. The van der Waals surface area contributed by atoms with Gasteiger partial charge in [-0.15, -0.1) is 0 Å². The summed E-state index contributed by atoms with van der Waals surface area (Å²) >= 11 is 6.00. The molecule has 0 unspecified atom stereocenters. The number of benzene rings is 1. The molecule has 30 heavy (non-hydrogen) atoms. The SMILES string of the molecule is CCCCCCCCNC(=O)c1cnn2c(C)c(Cc3ccc(Cl)cc3)c(C)nc12. The number of hydrogen-bond donors (Lipinski definition) is 1. The van der Waals surface area contributed by atoms with Crippen LogP contribution in [0, 0.1) is 13.8 Å². The smallest absolute Gasteiger partial charge is 0.256 e. The minimum absolute atomic E-state index is 0.102. The lowest BCUT2D eigenvalue weighted by molar-refractivity contribution is 0.0954. The number of halogens is 1. The Labute approximate surface area is 183 Å². The van der Waals surface area contributed by atoms with Crippen LogP contribution >= 0.6 is 11.6 Å². The molecule has 3 rings (SSSR count). The third-order valence-electron chi connectivity index (χ3n) is 5.56. The summed E-state index contributed by atoms with van der Waals surface area (Å²) in [5.74, 6) is -0.102. The van der Waals surface area contributed by atoms with E-state index in [-0.39, 0.29) is 5.91 Å². The monoisotopic (exact) mass is 426 g/mol. The fourth-order valence-corrected chi connectivity index (χ4v) is 3.86. The molecule has 5 nitrogen and oxygen atoms in total. The molecular weight excluding hydrogens is 396 g/mol. The number of aryl methyl sites for hydroxylation is 2. The molecule has 0 spiro atoms. The Bertz CT molecular complexity index is 995. The third-order valence-corrected chi connectivity index (χ3v) is 5.82. The fourth-order valence-electron chi connectivity index (χ4n) is 3.74. The predicted molar refractivity (Wildman–Crippen MR) is 122 cm³/mol. The molecule has 0 saturated carbocycles. The van der Waals surface area contributed by atoms with Crippen LogP contribution in [-0.2, 0) is 6.42 Å². The lowest BCUT2D eigenvalue weighted by atomic mass is 10.0. The first-order valence-corrected chi connectivity index (χ1v) is 11.3. The van der Waals surface area contributed by atoms with Crippen molar-refractivity contribution in [2.75, 3.05) is 6.54 Å². The minimum atomic E-state index is -0.102. The van der Waals surface area contributed by atoms with E-state index in [4.69, 9.17) is 16.6 Å². The number of nitrogens with zero attached hydrogens (tertiary/aromatic N) is 3. The maximum absolute atomic E-state index is 12.7. The van der Waals surface area contributed by atoms with Gasteiger partial charge in [0.25, 0.3) is 5.91 Å². The van der Waals surface area contributed by atoms with Crippen LogP contribution in [0.5, 0.6) is 0 Å². The second-order valence-corrected chi connectivity index (χ2v) is 8.32. The number of aromatic nitrogens is 3. The molecule has 1 aromatic carbocycles. The van der Waals surface area contributed by atoms with Gasteiger partial charge in [0.15, 0.2) is 5.65 Å². The maximum atomic E-state index is 12.7. The second kappa shape index (κ2) is 10.6. The molecule has 0 bridgehead atoms. The largest absolute Gasteiger partial charge is 0.352 e. The quantitative estimate of drug-likeness (QED) is 0.424. The van der Waals surface area contributed by atoms with Crippen LogP contribution < -0.4 is 5.32 Å². The molecule has 0 aliphatic rings. The molecule has 2 heterocycles. The van der Waals surface area contributed by atoms with E-state index in [2.05, 4.69) is 17.3 Å².